The number of hydrogen-bond donors (Lipinski definition) is 1. The Kier molecular flexibility index (Phi) is 7.65. The van der Waals surface area contributed by atoms with Gasteiger partial charge in [0.05, 0.1) is 4.92 Å². The third-order valence-electron chi connectivity index (χ3n) is 4.21. The fraction of sp³-hybridized carbons (Fsp3) is 0.412. The Balaban J connectivity index is 0.00000225. The molecule has 2 aromatic rings. The predicted molar refractivity (Wildman–Crippen MR) is 105 cm³/mol. The first-order chi connectivity index (χ1) is 11.6. The standard InChI is InChI=1S/C17H20ClN3O2S.ClH/c18-15-3-1-13(2-4-15)10-20(11-14-7-8-19-9-14)12-16-5-6-17(24-16)21(22)23;/h1-6,14,19H,7-12H2;1H/t14-;/m0./s1. The first-order valence-corrected chi connectivity index (χ1v) is 9.20. The van der Waals surface area contributed by atoms with Crippen molar-refractivity contribution in [2.45, 2.75) is 19.5 Å². The van der Waals surface area contributed by atoms with Crippen LogP contribution >= 0.6 is 35.3 Å². The lowest BCUT2D eigenvalue weighted by Gasteiger charge is -2.25. The number of hydrogen-bond acceptors (Lipinski definition) is 5. The minimum absolute atomic E-state index is 0. The van der Waals surface area contributed by atoms with Crippen LogP contribution in [0.15, 0.2) is 36.4 Å². The van der Waals surface area contributed by atoms with Crippen molar-refractivity contribution in [1.29, 1.82) is 0 Å². The third-order valence-corrected chi connectivity index (χ3v) is 5.48. The molecule has 0 radical (unpaired) electrons. The van der Waals surface area contributed by atoms with Gasteiger partial charge in [0.2, 0.25) is 0 Å². The van der Waals surface area contributed by atoms with Crippen LogP contribution in [0, 0.1) is 16.0 Å². The summed E-state index contributed by atoms with van der Waals surface area (Å²) in [6, 6.07) is 11.4. The highest BCUT2D eigenvalue weighted by Crippen LogP contribution is 2.26. The van der Waals surface area contributed by atoms with Crippen molar-refractivity contribution in [1.82, 2.24) is 10.2 Å². The molecule has 0 amide bonds. The molecule has 0 saturated carbocycles. The van der Waals surface area contributed by atoms with Gasteiger partial charge < -0.3 is 5.32 Å². The maximum absolute atomic E-state index is 10.9. The van der Waals surface area contributed by atoms with E-state index in [-0.39, 0.29) is 22.3 Å². The van der Waals surface area contributed by atoms with E-state index in [1.807, 2.05) is 30.3 Å². The van der Waals surface area contributed by atoms with Gasteiger partial charge in [-0.05, 0) is 49.2 Å². The highest BCUT2D eigenvalue weighted by atomic mass is 35.5. The Bertz CT molecular complexity index is 687. The monoisotopic (exact) mass is 401 g/mol. The van der Waals surface area contributed by atoms with Gasteiger partial charge in [-0.2, -0.15) is 0 Å². The van der Waals surface area contributed by atoms with Gasteiger partial charge in [0.1, 0.15) is 0 Å². The Morgan fingerprint density at radius 2 is 2.00 bits per heavy atom. The van der Waals surface area contributed by atoms with Crippen LogP contribution in [-0.4, -0.2) is 29.5 Å². The molecule has 0 unspecified atom stereocenters. The van der Waals surface area contributed by atoms with Gasteiger partial charge in [0, 0.05) is 35.6 Å². The van der Waals surface area contributed by atoms with E-state index in [1.165, 1.54) is 23.3 Å². The van der Waals surface area contributed by atoms with Gasteiger partial charge in [-0.25, -0.2) is 0 Å². The van der Waals surface area contributed by atoms with E-state index in [0.717, 1.165) is 42.6 Å². The normalized spacial score (nSPS) is 16.8. The van der Waals surface area contributed by atoms with E-state index in [0.29, 0.717) is 5.92 Å². The van der Waals surface area contributed by atoms with Crippen molar-refractivity contribution in [3.05, 3.63) is 62.0 Å². The maximum Gasteiger partial charge on any atom is 0.324 e. The molecular weight excluding hydrogens is 381 g/mol. The summed E-state index contributed by atoms with van der Waals surface area (Å²) in [6.07, 6.45) is 1.18. The smallest absolute Gasteiger partial charge is 0.316 e. The van der Waals surface area contributed by atoms with E-state index in [9.17, 15) is 10.1 Å². The van der Waals surface area contributed by atoms with E-state index < -0.39 is 0 Å². The lowest BCUT2D eigenvalue weighted by molar-refractivity contribution is -0.380. The van der Waals surface area contributed by atoms with Gasteiger partial charge in [0.15, 0.2) is 0 Å². The maximum atomic E-state index is 10.9. The number of benzene rings is 1. The molecule has 1 saturated heterocycles. The van der Waals surface area contributed by atoms with Gasteiger partial charge in [0.25, 0.3) is 0 Å². The number of nitrogens with zero attached hydrogens (tertiary/aromatic N) is 2. The van der Waals surface area contributed by atoms with Crippen molar-refractivity contribution in [2.75, 3.05) is 19.6 Å². The molecule has 0 spiro atoms. The second kappa shape index (κ2) is 9.50. The molecule has 1 N–H and O–H groups in total. The van der Waals surface area contributed by atoms with Gasteiger partial charge >= 0.3 is 5.00 Å². The van der Waals surface area contributed by atoms with Crippen LogP contribution in [0.2, 0.25) is 5.02 Å². The number of halogens is 2. The van der Waals surface area contributed by atoms with E-state index in [4.69, 9.17) is 11.6 Å². The van der Waals surface area contributed by atoms with Crippen LogP contribution in [0.3, 0.4) is 0 Å². The number of rotatable bonds is 7. The topological polar surface area (TPSA) is 58.4 Å². The Labute approximate surface area is 162 Å². The summed E-state index contributed by atoms with van der Waals surface area (Å²) in [5.41, 5.74) is 1.21. The average Bonchev–Trinajstić information content (AvgIpc) is 3.21. The zero-order chi connectivity index (χ0) is 16.9. The zero-order valence-corrected chi connectivity index (χ0v) is 16.1. The molecule has 1 atom stereocenters. The van der Waals surface area contributed by atoms with Crippen molar-refractivity contribution in [2.24, 2.45) is 5.92 Å². The van der Waals surface area contributed by atoms with Gasteiger partial charge in [-0.1, -0.05) is 35.1 Å². The van der Waals surface area contributed by atoms with Crippen LogP contribution in [0.25, 0.3) is 0 Å². The molecule has 1 aliphatic rings. The third kappa shape index (κ3) is 5.94. The van der Waals surface area contributed by atoms with Crippen LogP contribution in [0.5, 0.6) is 0 Å². The summed E-state index contributed by atoms with van der Waals surface area (Å²) in [5.74, 6) is 0.632. The fourth-order valence-electron chi connectivity index (χ4n) is 3.04. The predicted octanol–water partition coefficient (Wildman–Crippen LogP) is 4.34. The molecule has 1 aliphatic heterocycles. The summed E-state index contributed by atoms with van der Waals surface area (Å²) >= 11 is 7.23. The highest BCUT2D eigenvalue weighted by molar-refractivity contribution is 7.15. The van der Waals surface area contributed by atoms with Gasteiger partial charge in [-0.15, -0.1) is 12.4 Å². The van der Waals surface area contributed by atoms with E-state index >= 15 is 0 Å². The number of nitrogens with one attached hydrogen (secondary N) is 1. The summed E-state index contributed by atoms with van der Waals surface area (Å²) in [6.45, 7) is 4.66. The molecule has 8 heteroatoms. The Hall–Kier alpha value is -1.18. The summed E-state index contributed by atoms with van der Waals surface area (Å²) in [4.78, 5) is 14.0. The second-order valence-corrected chi connectivity index (χ2v) is 7.74. The number of nitro groups is 1. The number of thiophene rings is 1. The molecule has 3 rings (SSSR count). The summed E-state index contributed by atoms with van der Waals surface area (Å²) in [7, 11) is 0. The van der Waals surface area contributed by atoms with E-state index in [1.54, 1.807) is 6.07 Å². The van der Waals surface area contributed by atoms with Crippen LogP contribution in [0.4, 0.5) is 5.00 Å². The minimum atomic E-state index is -0.321. The first-order valence-electron chi connectivity index (χ1n) is 8.01. The largest absolute Gasteiger partial charge is 0.324 e. The van der Waals surface area contributed by atoms with Crippen molar-refractivity contribution in [3.8, 4) is 0 Å². The summed E-state index contributed by atoms with van der Waals surface area (Å²) < 4.78 is 0. The lowest BCUT2D eigenvalue weighted by atomic mass is 10.1. The quantitative estimate of drug-likeness (QED) is 0.553. The Morgan fingerprint density at radius 3 is 2.60 bits per heavy atom. The molecule has 0 bridgehead atoms. The first kappa shape index (κ1) is 20.1. The molecule has 1 aromatic carbocycles. The average molecular weight is 402 g/mol. The second-order valence-electron chi connectivity index (χ2n) is 6.15. The molecule has 1 aromatic heterocycles. The summed E-state index contributed by atoms with van der Waals surface area (Å²) in [5, 5.41) is 15.2. The molecule has 2 heterocycles. The van der Waals surface area contributed by atoms with Crippen molar-refractivity contribution < 1.29 is 4.92 Å². The van der Waals surface area contributed by atoms with Crippen LogP contribution in [-0.2, 0) is 13.1 Å². The zero-order valence-electron chi connectivity index (χ0n) is 13.7. The highest BCUT2D eigenvalue weighted by Gasteiger charge is 2.20. The molecule has 136 valence electrons. The molecule has 5 nitrogen and oxygen atoms in total. The SMILES string of the molecule is Cl.O=[N+]([O-])c1ccc(CN(Cc2ccc(Cl)cc2)C[C@H]2CCNC2)s1. The van der Waals surface area contributed by atoms with Crippen molar-refractivity contribution in [3.63, 3.8) is 0 Å². The van der Waals surface area contributed by atoms with Crippen LogP contribution < -0.4 is 5.32 Å². The van der Waals surface area contributed by atoms with Gasteiger partial charge in [-0.3, -0.25) is 15.0 Å². The molecule has 1 fully saturated rings. The molecular formula is C17H21Cl2N3O2S. The van der Waals surface area contributed by atoms with E-state index in [2.05, 4.69) is 10.2 Å². The molecule has 0 aliphatic carbocycles. The van der Waals surface area contributed by atoms with Crippen LogP contribution in [0.1, 0.15) is 16.9 Å². The minimum Gasteiger partial charge on any atom is -0.316 e. The fourth-order valence-corrected chi connectivity index (χ4v) is 4.03. The Morgan fingerprint density at radius 1 is 1.24 bits per heavy atom. The lowest BCUT2D eigenvalue weighted by Crippen LogP contribution is -2.29. The molecule has 25 heavy (non-hydrogen) atoms. The van der Waals surface area contributed by atoms with Crippen molar-refractivity contribution >= 4 is 40.3 Å².